The molecule has 1 aromatic rings. The molecule has 1 atom stereocenters. The zero-order valence-corrected chi connectivity index (χ0v) is 10.2. The van der Waals surface area contributed by atoms with Crippen LogP contribution in [0.1, 0.15) is 18.4 Å². The van der Waals surface area contributed by atoms with Gasteiger partial charge in [0.1, 0.15) is 0 Å². The second-order valence-corrected chi connectivity index (χ2v) is 4.18. The average Bonchev–Trinajstić information content (AvgIpc) is 2.41. The topological polar surface area (TPSA) is 84.5 Å². The number of alkyl carbamates (subject to hydrolysis) is 1. The van der Waals surface area contributed by atoms with Gasteiger partial charge in [0.2, 0.25) is 5.91 Å². The summed E-state index contributed by atoms with van der Waals surface area (Å²) in [6.45, 7) is 0.326. The molecule has 2 N–H and O–H groups in total. The number of piperidine rings is 1. The van der Waals surface area contributed by atoms with Crippen molar-refractivity contribution < 1.29 is 19.1 Å². The lowest BCUT2D eigenvalue weighted by Gasteiger charge is -2.20. The Balaban J connectivity index is 1.78. The molecular formula is C13H14N2O4. The van der Waals surface area contributed by atoms with E-state index in [2.05, 4.69) is 10.6 Å². The van der Waals surface area contributed by atoms with E-state index in [1.165, 1.54) is 0 Å². The quantitative estimate of drug-likeness (QED) is 0.786. The lowest BCUT2D eigenvalue weighted by Crippen LogP contribution is -2.46. The lowest BCUT2D eigenvalue weighted by molar-refractivity contribution is -0.140. The molecule has 0 spiro atoms. The maximum atomic E-state index is 11.5. The first kappa shape index (κ1) is 13.1. The van der Waals surface area contributed by atoms with Gasteiger partial charge in [0.15, 0.2) is 6.10 Å². The highest BCUT2D eigenvalue weighted by Gasteiger charge is 2.29. The number of nitrogens with one attached hydrogen (secondary N) is 2. The van der Waals surface area contributed by atoms with E-state index < -0.39 is 18.1 Å². The smallest absolute Gasteiger partial charge is 0.408 e. The molecule has 1 unspecified atom stereocenters. The number of hydrogen-bond donors (Lipinski definition) is 2. The maximum Gasteiger partial charge on any atom is 0.408 e. The van der Waals surface area contributed by atoms with E-state index in [-0.39, 0.29) is 18.7 Å². The van der Waals surface area contributed by atoms with Crippen LogP contribution < -0.4 is 10.6 Å². The Hall–Kier alpha value is -2.37. The van der Waals surface area contributed by atoms with Crippen LogP contribution in [0, 0.1) is 0 Å². The molecule has 0 aromatic heterocycles. The van der Waals surface area contributed by atoms with Crippen molar-refractivity contribution in [3.05, 3.63) is 35.9 Å². The summed E-state index contributed by atoms with van der Waals surface area (Å²) in [5.74, 6) is -0.902. The van der Waals surface area contributed by atoms with Crippen molar-refractivity contribution in [1.29, 1.82) is 0 Å². The van der Waals surface area contributed by atoms with E-state index in [9.17, 15) is 14.4 Å². The summed E-state index contributed by atoms with van der Waals surface area (Å²) < 4.78 is 4.96. The molecule has 1 fully saturated rings. The first-order valence-corrected chi connectivity index (χ1v) is 5.97. The highest BCUT2D eigenvalue weighted by molar-refractivity contribution is 6.00. The van der Waals surface area contributed by atoms with Gasteiger partial charge in [-0.05, 0) is 5.56 Å². The molecule has 6 heteroatoms. The fraction of sp³-hybridized carbons (Fsp3) is 0.308. The van der Waals surface area contributed by atoms with Gasteiger partial charge in [-0.1, -0.05) is 30.3 Å². The number of carbonyl (C=O) groups excluding carboxylic acids is 3. The van der Waals surface area contributed by atoms with Crippen LogP contribution >= 0.6 is 0 Å². The van der Waals surface area contributed by atoms with E-state index in [4.69, 9.17) is 4.74 Å². The van der Waals surface area contributed by atoms with Gasteiger partial charge in [0.25, 0.3) is 5.91 Å². The van der Waals surface area contributed by atoms with Crippen LogP contribution in [0.15, 0.2) is 30.3 Å². The third kappa shape index (κ3) is 3.80. The normalized spacial score (nSPS) is 18.6. The van der Waals surface area contributed by atoms with Crippen molar-refractivity contribution in [2.45, 2.75) is 25.5 Å². The number of ether oxygens (including phenoxy) is 1. The fourth-order valence-electron chi connectivity index (χ4n) is 1.73. The van der Waals surface area contributed by atoms with Crippen LogP contribution in [0.3, 0.4) is 0 Å². The Labute approximate surface area is 110 Å². The predicted molar refractivity (Wildman–Crippen MR) is 65.9 cm³/mol. The van der Waals surface area contributed by atoms with Crippen LogP contribution in [0.5, 0.6) is 0 Å². The van der Waals surface area contributed by atoms with Gasteiger partial charge in [0.05, 0.1) is 0 Å². The number of amides is 3. The summed E-state index contributed by atoms with van der Waals surface area (Å²) in [5, 5.41) is 4.68. The number of hydrogen-bond acceptors (Lipinski definition) is 4. The molecule has 19 heavy (non-hydrogen) atoms. The predicted octanol–water partition coefficient (Wildman–Crippen LogP) is 0.718. The first-order valence-electron chi connectivity index (χ1n) is 5.97. The van der Waals surface area contributed by atoms with Crippen LogP contribution in [0.2, 0.25) is 0 Å². The van der Waals surface area contributed by atoms with Crippen molar-refractivity contribution in [3.8, 4) is 0 Å². The Bertz CT molecular complexity index is 487. The van der Waals surface area contributed by atoms with Gasteiger partial charge in [-0.2, -0.15) is 0 Å². The van der Waals surface area contributed by atoms with Crippen molar-refractivity contribution in [2.24, 2.45) is 0 Å². The standard InChI is InChI=1S/C13H14N2O4/c16-11-7-6-10(12(17)15-11)19-13(18)14-8-9-4-2-1-3-5-9/h1-5,10H,6-8H2,(H,14,18)(H,15,16,17). The molecule has 2 rings (SSSR count). The second kappa shape index (κ2) is 5.99. The zero-order chi connectivity index (χ0) is 13.7. The summed E-state index contributed by atoms with van der Waals surface area (Å²) in [6.07, 6.45) is -1.15. The molecule has 100 valence electrons. The van der Waals surface area contributed by atoms with Crippen molar-refractivity contribution in [3.63, 3.8) is 0 Å². The summed E-state index contributed by atoms with van der Waals surface area (Å²) in [4.78, 5) is 33.8. The molecule has 1 heterocycles. The summed E-state index contributed by atoms with van der Waals surface area (Å²) in [6, 6.07) is 9.34. The molecule has 1 aliphatic rings. The monoisotopic (exact) mass is 262 g/mol. The minimum absolute atomic E-state index is 0.183. The highest BCUT2D eigenvalue weighted by atomic mass is 16.6. The number of imide groups is 1. The molecule has 1 aromatic carbocycles. The van der Waals surface area contributed by atoms with Gasteiger partial charge in [-0.25, -0.2) is 4.79 Å². The van der Waals surface area contributed by atoms with Crippen LogP contribution in [0.25, 0.3) is 0 Å². The zero-order valence-electron chi connectivity index (χ0n) is 10.2. The van der Waals surface area contributed by atoms with E-state index in [1.54, 1.807) is 0 Å². The highest BCUT2D eigenvalue weighted by Crippen LogP contribution is 2.08. The molecule has 0 bridgehead atoms. The van der Waals surface area contributed by atoms with E-state index in [0.717, 1.165) is 5.56 Å². The van der Waals surface area contributed by atoms with Crippen molar-refractivity contribution >= 4 is 17.9 Å². The Morgan fingerprint density at radius 3 is 2.74 bits per heavy atom. The van der Waals surface area contributed by atoms with Gasteiger partial charge < -0.3 is 10.1 Å². The van der Waals surface area contributed by atoms with Gasteiger partial charge in [0, 0.05) is 19.4 Å². The molecule has 6 nitrogen and oxygen atoms in total. The van der Waals surface area contributed by atoms with Gasteiger partial charge in [-0.15, -0.1) is 0 Å². The van der Waals surface area contributed by atoms with E-state index >= 15 is 0 Å². The Morgan fingerprint density at radius 2 is 2.05 bits per heavy atom. The van der Waals surface area contributed by atoms with Gasteiger partial charge >= 0.3 is 6.09 Å². The molecule has 0 radical (unpaired) electrons. The van der Waals surface area contributed by atoms with Crippen molar-refractivity contribution in [2.75, 3.05) is 0 Å². The Kier molecular flexibility index (Phi) is 4.12. The molecule has 1 aliphatic heterocycles. The van der Waals surface area contributed by atoms with Crippen LogP contribution in [0.4, 0.5) is 4.79 Å². The molecule has 0 saturated carbocycles. The molecule has 0 aliphatic carbocycles. The summed E-state index contributed by atoms with van der Waals surface area (Å²) >= 11 is 0. The molecular weight excluding hydrogens is 248 g/mol. The molecule has 3 amide bonds. The second-order valence-electron chi connectivity index (χ2n) is 4.18. The van der Waals surface area contributed by atoms with Crippen LogP contribution in [-0.4, -0.2) is 24.0 Å². The minimum Gasteiger partial charge on any atom is -0.436 e. The first-order chi connectivity index (χ1) is 9.15. The van der Waals surface area contributed by atoms with E-state index in [1.807, 2.05) is 30.3 Å². The number of carbonyl (C=O) groups is 3. The maximum absolute atomic E-state index is 11.5. The largest absolute Gasteiger partial charge is 0.436 e. The summed E-state index contributed by atoms with van der Waals surface area (Å²) in [7, 11) is 0. The lowest BCUT2D eigenvalue weighted by atomic mass is 10.1. The van der Waals surface area contributed by atoms with Gasteiger partial charge in [-0.3, -0.25) is 14.9 Å². The SMILES string of the molecule is O=C1CCC(OC(=O)NCc2ccccc2)C(=O)N1. The third-order valence-electron chi connectivity index (χ3n) is 2.72. The fourth-order valence-corrected chi connectivity index (χ4v) is 1.73. The average molecular weight is 262 g/mol. The molecule has 1 saturated heterocycles. The number of benzene rings is 1. The number of rotatable bonds is 3. The van der Waals surface area contributed by atoms with E-state index in [0.29, 0.717) is 6.54 Å². The van der Waals surface area contributed by atoms with Crippen LogP contribution in [-0.2, 0) is 20.9 Å². The summed E-state index contributed by atoms with van der Waals surface area (Å²) in [5.41, 5.74) is 0.933. The van der Waals surface area contributed by atoms with Crippen molar-refractivity contribution in [1.82, 2.24) is 10.6 Å². The Morgan fingerprint density at radius 1 is 1.32 bits per heavy atom. The minimum atomic E-state index is -0.895. The third-order valence-corrected chi connectivity index (χ3v) is 2.72.